The maximum atomic E-state index is 12.5. The largest absolute Gasteiger partial charge is 0.451 e. The zero-order valence-corrected chi connectivity index (χ0v) is 14.9. The van der Waals surface area contributed by atoms with Crippen molar-refractivity contribution in [2.45, 2.75) is 12.8 Å². The summed E-state index contributed by atoms with van der Waals surface area (Å²) in [5.74, 6) is 0.0874. The number of rotatable bonds is 2. The van der Waals surface area contributed by atoms with Gasteiger partial charge in [0.05, 0.1) is 0 Å². The number of carbonyl (C=O) groups is 1. The predicted molar refractivity (Wildman–Crippen MR) is 99.9 cm³/mol. The molecule has 5 heteroatoms. The third-order valence-corrected chi connectivity index (χ3v) is 4.89. The molecule has 0 aliphatic carbocycles. The smallest absolute Gasteiger partial charge is 0.291 e. The molecule has 0 saturated heterocycles. The Bertz CT molecular complexity index is 932. The van der Waals surface area contributed by atoms with E-state index in [1.54, 1.807) is 6.07 Å². The van der Waals surface area contributed by atoms with Crippen LogP contribution < -0.4 is 10.2 Å². The fraction of sp³-hybridized carbons (Fsp3) is 0.211. The zero-order valence-electron chi connectivity index (χ0n) is 13.3. The maximum Gasteiger partial charge on any atom is 0.291 e. The van der Waals surface area contributed by atoms with Crippen LogP contribution in [0, 0.1) is 0 Å². The van der Waals surface area contributed by atoms with Crippen LogP contribution in [-0.2, 0) is 6.42 Å². The van der Waals surface area contributed by atoms with Crippen molar-refractivity contribution in [1.82, 2.24) is 0 Å². The lowest BCUT2D eigenvalue weighted by molar-refractivity contribution is 0.0998. The average Bonchev–Trinajstić information content (AvgIpc) is 2.98. The fourth-order valence-electron chi connectivity index (χ4n) is 3.17. The van der Waals surface area contributed by atoms with Gasteiger partial charge in [-0.2, -0.15) is 0 Å². The minimum absolute atomic E-state index is 0.230. The molecule has 0 radical (unpaired) electrons. The molecule has 0 unspecified atom stereocenters. The van der Waals surface area contributed by atoms with Crippen molar-refractivity contribution < 1.29 is 9.21 Å². The van der Waals surface area contributed by atoms with Crippen LogP contribution in [0.2, 0.25) is 0 Å². The first-order chi connectivity index (χ1) is 11.6. The molecule has 0 fully saturated rings. The van der Waals surface area contributed by atoms with Gasteiger partial charge in [-0.05, 0) is 60.9 Å². The Hall–Kier alpha value is -2.27. The summed E-state index contributed by atoms with van der Waals surface area (Å²) in [6.07, 6.45) is 2.18. The molecule has 3 aromatic rings. The highest BCUT2D eigenvalue weighted by Gasteiger charge is 2.16. The van der Waals surface area contributed by atoms with Crippen molar-refractivity contribution in [3.05, 3.63) is 58.3 Å². The molecule has 4 rings (SSSR count). The van der Waals surface area contributed by atoms with Crippen molar-refractivity contribution in [1.29, 1.82) is 0 Å². The number of carbonyl (C=O) groups excluding carboxylic acids is 1. The maximum absolute atomic E-state index is 12.5. The van der Waals surface area contributed by atoms with Gasteiger partial charge >= 0.3 is 0 Å². The van der Waals surface area contributed by atoms with Crippen LogP contribution in [0.4, 0.5) is 11.4 Å². The number of nitrogens with zero attached hydrogens (tertiary/aromatic N) is 1. The normalized spacial score (nSPS) is 13.8. The number of aryl methyl sites for hydroxylation is 1. The number of halogens is 1. The molecule has 0 atom stereocenters. The van der Waals surface area contributed by atoms with E-state index in [1.807, 2.05) is 24.3 Å². The van der Waals surface area contributed by atoms with Crippen molar-refractivity contribution in [2.24, 2.45) is 0 Å². The second kappa shape index (κ2) is 5.98. The number of hydrogen-bond donors (Lipinski definition) is 1. The van der Waals surface area contributed by atoms with Gasteiger partial charge in [-0.15, -0.1) is 0 Å². The number of amides is 1. The third kappa shape index (κ3) is 2.80. The monoisotopic (exact) mass is 384 g/mol. The Labute approximate surface area is 148 Å². The second-order valence-electron chi connectivity index (χ2n) is 6.12. The first kappa shape index (κ1) is 15.3. The molecule has 0 bridgehead atoms. The van der Waals surface area contributed by atoms with E-state index in [1.165, 1.54) is 11.3 Å². The second-order valence-corrected chi connectivity index (χ2v) is 7.03. The van der Waals surface area contributed by atoms with Gasteiger partial charge in [0, 0.05) is 34.8 Å². The van der Waals surface area contributed by atoms with Gasteiger partial charge in [-0.1, -0.05) is 15.9 Å². The van der Waals surface area contributed by atoms with Crippen LogP contribution in [0.5, 0.6) is 0 Å². The van der Waals surface area contributed by atoms with Gasteiger partial charge in [0.2, 0.25) is 0 Å². The molecule has 1 aromatic heterocycles. The molecule has 1 aliphatic rings. The van der Waals surface area contributed by atoms with Crippen molar-refractivity contribution in [3.63, 3.8) is 0 Å². The van der Waals surface area contributed by atoms with Crippen molar-refractivity contribution in [3.8, 4) is 0 Å². The summed E-state index contributed by atoms with van der Waals surface area (Å²) in [5, 5.41) is 3.85. The first-order valence-corrected chi connectivity index (χ1v) is 8.74. The highest BCUT2D eigenvalue weighted by atomic mass is 79.9. The van der Waals surface area contributed by atoms with Gasteiger partial charge in [-0.3, -0.25) is 4.79 Å². The SMILES string of the molecule is CN1CCCc2cc(NC(=O)c3cc4ccc(Br)cc4o3)ccc21. The van der Waals surface area contributed by atoms with E-state index in [4.69, 9.17) is 4.42 Å². The number of benzene rings is 2. The molecule has 0 saturated carbocycles. The van der Waals surface area contributed by atoms with E-state index < -0.39 is 0 Å². The van der Waals surface area contributed by atoms with Crippen LogP contribution in [0.1, 0.15) is 22.5 Å². The van der Waals surface area contributed by atoms with Gasteiger partial charge in [0.1, 0.15) is 5.58 Å². The van der Waals surface area contributed by atoms with Crippen molar-refractivity contribution in [2.75, 3.05) is 23.8 Å². The Morgan fingerprint density at radius 1 is 1.21 bits per heavy atom. The third-order valence-electron chi connectivity index (χ3n) is 4.39. The molecule has 0 spiro atoms. The molecule has 122 valence electrons. The average molecular weight is 385 g/mol. The van der Waals surface area contributed by atoms with E-state index in [0.29, 0.717) is 11.3 Å². The van der Waals surface area contributed by atoms with E-state index in [0.717, 1.165) is 34.9 Å². The minimum Gasteiger partial charge on any atom is -0.451 e. The molecule has 2 heterocycles. The lowest BCUT2D eigenvalue weighted by Crippen LogP contribution is -2.24. The Morgan fingerprint density at radius 3 is 2.96 bits per heavy atom. The molecule has 24 heavy (non-hydrogen) atoms. The van der Waals surface area contributed by atoms with Crippen LogP contribution in [0.15, 0.2) is 51.4 Å². The van der Waals surface area contributed by atoms with E-state index in [-0.39, 0.29) is 5.91 Å². The summed E-state index contributed by atoms with van der Waals surface area (Å²) in [7, 11) is 2.10. The van der Waals surface area contributed by atoms with E-state index in [9.17, 15) is 4.79 Å². The summed E-state index contributed by atoms with van der Waals surface area (Å²) in [6, 6.07) is 13.6. The summed E-state index contributed by atoms with van der Waals surface area (Å²) >= 11 is 3.41. The standard InChI is InChI=1S/C19H17BrN2O2/c1-22-8-2-3-12-9-15(6-7-16(12)22)21-19(23)18-10-13-4-5-14(20)11-17(13)24-18/h4-7,9-11H,2-3,8H2,1H3,(H,21,23). The summed E-state index contributed by atoms with van der Waals surface area (Å²) in [5.41, 5.74) is 4.01. The quantitative estimate of drug-likeness (QED) is 0.687. The molecule has 1 amide bonds. The van der Waals surface area contributed by atoms with Crippen LogP contribution in [-0.4, -0.2) is 19.5 Å². The Kier molecular flexibility index (Phi) is 3.81. The first-order valence-electron chi connectivity index (χ1n) is 7.95. The van der Waals surface area contributed by atoms with E-state index >= 15 is 0 Å². The lowest BCUT2D eigenvalue weighted by atomic mass is 10.0. The summed E-state index contributed by atoms with van der Waals surface area (Å²) < 4.78 is 6.59. The van der Waals surface area contributed by atoms with Crippen LogP contribution in [0.25, 0.3) is 11.0 Å². The van der Waals surface area contributed by atoms with E-state index in [2.05, 4.69) is 45.3 Å². The predicted octanol–water partition coefficient (Wildman–Crippen LogP) is 4.83. The topological polar surface area (TPSA) is 45.5 Å². The summed E-state index contributed by atoms with van der Waals surface area (Å²) in [6.45, 7) is 1.08. The van der Waals surface area contributed by atoms with Gasteiger partial charge in [0.15, 0.2) is 5.76 Å². The highest BCUT2D eigenvalue weighted by Crippen LogP contribution is 2.29. The Morgan fingerprint density at radius 2 is 2.08 bits per heavy atom. The van der Waals surface area contributed by atoms with Gasteiger partial charge < -0.3 is 14.6 Å². The molecule has 1 aliphatic heterocycles. The highest BCUT2D eigenvalue weighted by molar-refractivity contribution is 9.10. The number of anilines is 2. The molecule has 2 aromatic carbocycles. The Balaban J connectivity index is 1.59. The van der Waals surface area contributed by atoms with Gasteiger partial charge in [-0.25, -0.2) is 0 Å². The van der Waals surface area contributed by atoms with Crippen LogP contribution in [0.3, 0.4) is 0 Å². The molecular formula is C19H17BrN2O2. The van der Waals surface area contributed by atoms with Crippen LogP contribution >= 0.6 is 15.9 Å². The fourth-order valence-corrected chi connectivity index (χ4v) is 3.51. The minimum atomic E-state index is -0.230. The molecular weight excluding hydrogens is 368 g/mol. The molecule has 4 nitrogen and oxygen atoms in total. The van der Waals surface area contributed by atoms with Crippen molar-refractivity contribution >= 4 is 44.2 Å². The summed E-state index contributed by atoms with van der Waals surface area (Å²) in [4.78, 5) is 14.7. The number of hydrogen-bond acceptors (Lipinski definition) is 3. The molecule has 1 N–H and O–H groups in total. The zero-order chi connectivity index (χ0) is 16.7. The number of fused-ring (bicyclic) bond motifs is 2. The van der Waals surface area contributed by atoms with Gasteiger partial charge in [0.25, 0.3) is 5.91 Å². The number of furan rings is 1. The lowest BCUT2D eigenvalue weighted by Gasteiger charge is -2.27. The number of nitrogens with one attached hydrogen (secondary N) is 1.